The van der Waals surface area contributed by atoms with Crippen LogP contribution in [0.4, 0.5) is 36.8 Å². The normalized spacial score (nSPS) is 17.4. The molecule has 2 amide bonds. The number of anilines is 1. The Labute approximate surface area is 227 Å². The lowest BCUT2D eigenvalue weighted by Gasteiger charge is -2.48. The second kappa shape index (κ2) is 11.6. The number of hydrogen-bond donors (Lipinski definition) is 1. The number of methoxy groups -OCH3 is 3. The average Bonchev–Trinajstić information content (AvgIpc) is 2.87. The number of ether oxygens (including phenoxy) is 3. The molecule has 2 aromatic carbocycles. The molecule has 4 rings (SSSR count). The van der Waals surface area contributed by atoms with Crippen LogP contribution in [0.15, 0.2) is 30.3 Å². The van der Waals surface area contributed by atoms with Crippen molar-refractivity contribution in [3.05, 3.63) is 47.0 Å². The molecule has 0 spiro atoms. The topological polar surface area (TPSA) is 66.5 Å². The first kappa shape index (κ1) is 29.6. The van der Waals surface area contributed by atoms with Gasteiger partial charge in [-0.3, -0.25) is 9.80 Å². The molecule has 2 aliphatic rings. The van der Waals surface area contributed by atoms with Crippen LogP contribution in [0.1, 0.15) is 16.7 Å². The molecular weight excluding hydrogens is 546 g/mol. The number of nitrogens with zero attached hydrogens (tertiary/aromatic N) is 3. The fourth-order valence-corrected chi connectivity index (χ4v) is 4.83. The van der Waals surface area contributed by atoms with Crippen molar-refractivity contribution in [3.8, 4) is 17.2 Å². The Morgan fingerprint density at radius 3 is 1.80 bits per heavy atom. The van der Waals surface area contributed by atoms with Crippen LogP contribution in [0.3, 0.4) is 0 Å². The molecule has 0 aromatic heterocycles. The summed E-state index contributed by atoms with van der Waals surface area (Å²) in [6, 6.07) is 3.91. The average molecular weight is 577 g/mol. The molecule has 0 aliphatic carbocycles. The maximum absolute atomic E-state index is 13.1. The zero-order chi connectivity index (χ0) is 29.2. The number of alkyl halides is 6. The van der Waals surface area contributed by atoms with Crippen molar-refractivity contribution in [1.29, 1.82) is 0 Å². The predicted octanol–water partition coefficient (Wildman–Crippen LogP) is 4.78. The zero-order valence-electron chi connectivity index (χ0n) is 22.2. The van der Waals surface area contributed by atoms with Gasteiger partial charge in [0.1, 0.15) is 17.2 Å². The summed E-state index contributed by atoms with van der Waals surface area (Å²) in [4.78, 5) is 18.4. The number of amides is 2. The van der Waals surface area contributed by atoms with Gasteiger partial charge in [0, 0.05) is 69.7 Å². The highest BCUT2D eigenvalue weighted by Gasteiger charge is 2.39. The van der Waals surface area contributed by atoms with Crippen LogP contribution in [0.25, 0.3) is 0 Å². The summed E-state index contributed by atoms with van der Waals surface area (Å²) in [5.41, 5.74) is -2.63. The molecule has 14 heteroatoms. The molecule has 0 radical (unpaired) electrons. The van der Waals surface area contributed by atoms with Crippen LogP contribution in [0, 0.1) is 0 Å². The molecule has 2 heterocycles. The third-order valence-electron chi connectivity index (χ3n) is 7.11. The molecule has 2 aliphatic heterocycles. The van der Waals surface area contributed by atoms with Gasteiger partial charge < -0.3 is 24.4 Å². The van der Waals surface area contributed by atoms with E-state index in [-0.39, 0.29) is 12.1 Å². The molecule has 1 N–H and O–H groups in total. The van der Waals surface area contributed by atoms with Crippen LogP contribution >= 0.6 is 0 Å². The number of halogens is 6. The van der Waals surface area contributed by atoms with Crippen LogP contribution in [-0.4, -0.2) is 87.4 Å². The molecule has 2 saturated heterocycles. The van der Waals surface area contributed by atoms with Gasteiger partial charge >= 0.3 is 18.4 Å². The fourth-order valence-electron chi connectivity index (χ4n) is 4.83. The smallest absolute Gasteiger partial charge is 0.416 e. The maximum atomic E-state index is 13.1. The van der Waals surface area contributed by atoms with Gasteiger partial charge in [-0.05, 0) is 18.2 Å². The SMILES string of the molecule is COc1cc(OC)c(CN2CCN(C3CN(C(=O)Nc4cc(C(F)(F)F)cc(C(F)(F)F)c4)C3)CC2)c(OC)c1. The lowest BCUT2D eigenvalue weighted by molar-refractivity contribution is -0.143. The Kier molecular flexibility index (Phi) is 8.59. The number of piperazine rings is 1. The van der Waals surface area contributed by atoms with Gasteiger partial charge in [0.05, 0.1) is 38.0 Å². The minimum Gasteiger partial charge on any atom is -0.496 e. The van der Waals surface area contributed by atoms with E-state index >= 15 is 0 Å². The molecule has 8 nitrogen and oxygen atoms in total. The number of likely N-dealkylation sites (tertiary alicyclic amines) is 1. The summed E-state index contributed by atoms with van der Waals surface area (Å²) < 4.78 is 95.0. The summed E-state index contributed by atoms with van der Waals surface area (Å²) in [6.07, 6.45) is -9.98. The summed E-state index contributed by atoms with van der Waals surface area (Å²) in [6.45, 7) is 4.16. The highest BCUT2D eigenvalue weighted by molar-refractivity contribution is 5.90. The summed E-state index contributed by atoms with van der Waals surface area (Å²) in [5.74, 6) is 1.93. The van der Waals surface area contributed by atoms with Gasteiger partial charge in [0.25, 0.3) is 0 Å². The standard InChI is InChI=1S/C26H30F6N4O4/c1-38-20-11-22(39-2)21(23(12-20)40-3)15-34-4-6-35(7-5-34)19-13-36(14-19)24(37)33-18-9-16(25(27,28)29)8-17(10-18)26(30,31)32/h8-12,19H,4-7,13-15H2,1-3H3,(H,33,37). The monoisotopic (exact) mass is 576 g/mol. The van der Waals surface area contributed by atoms with E-state index in [9.17, 15) is 31.1 Å². The zero-order valence-corrected chi connectivity index (χ0v) is 22.2. The first-order chi connectivity index (χ1) is 18.8. The van der Waals surface area contributed by atoms with Gasteiger partial charge in [-0.2, -0.15) is 26.3 Å². The van der Waals surface area contributed by atoms with Crippen molar-refractivity contribution in [2.24, 2.45) is 0 Å². The number of nitrogens with one attached hydrogen (secondary N) is 1. The molecular formula is C26H30F6N4O4. The molecule has 220 valence electrons. The number of hydrogen-bond acceptors (Lipinski definition) is 6. The van der Waals surface area contributed by atoms with Gasteiger partial charge in [0.2, 0.25) is 0 Å². The van der Waals surface area contributed by atoms with Crippen molar-refractivity contribution in [3.63, 3.8) is 0 Å². The van der Waals surface area contributed by atoms with Gasteiger partial charge in [-0.15, -0.1) is 0 Å². The molecule has 40 heavy (non-hydrogen) atoms. The minimum atomic E-state index is -4.99. The van der Waals surface area contributed by atoms with Gasteiger partial charge in [0.15, 0.2) is 0 Å². The number of benzene rings is 2. The van der Waals surface area contributed by atoms with Crippen molar-refractivity contribution < 1.29 is 45.3 Å². The van der Waals surface area contributed by atoms with Crippen LogP contribution in [0.2, 0.25) is 0 Å². The third kappa shape index (κ3) is 6.66. The third-order valence-corrected chi connectivity index (χ3v) is 7.11. The summed E-state index contributed by atoms with van der Waals surface area (Å²) in [7, 11) is 4.72. The highest BCUT2D eigenvalue weighted by Crippen LogP contribution is 2.38. The predicted molar refractivity (Wildman–Crippen MR) is 134 cm³/mol. The maximum Gasteiger partial charge on any atom is 0.416 e. The lowest BCUT2D eigenvalue weighted by Crippen LogP contribution is -2.64. The number of carbonyl (C=O) groups excluding carboxylic acids is 1. The van der Waals surface area contributed by atoms with Crippen LogP contribution < -0.4 is 19.5 Å². The van der Waals surface area contributed by atoms with Crippen molar-refractivity contribution in [2.75, 3.05) is 65.9 Å². The quantitative estimate of drug-likeness (QED) is 0.479. The van der Waals surface area contributed by atoms with E-state index in [0.717, 1.165) is 31.7 Å². The van der Waals surface area contributed by atoms with Crippen molar-refractivity contribution in [1.82, 2.24) is 14.7 Å². The molecule has 0 atom stereocenters. The van der Waals surface area contributed by atoms with E-state index in [4.69, 9.17) is 14.2 Å². The number of rotatable bonds is 7. The second-order valence-electron chi connectivity index (χ2n) is 9.61. The van der Waals surface area contributed by atoms with Gasteiger partial charge in [-0.1, -0.05) is 0 Å². The van der Waals surface area contributed by atoms with E-state index in [2.05, 4.69) is 15.1 Å². The fraction of sp³-hybridized carbons (Fsp3) is 0.500. The van der Waals surface area contributed by atoms with E-state index in [1.165, 1.54) is 4.90 Å². The van der Waals surface area contributed by atoms with Crippen LogP contribution in [0.5, 0.6) is 17.2 Å². The number of carbonyl (C=O) groups is 1. The first-order valence-corrected chi connectivity index (χ1v) is 12.4. The van der Waals surface area contributed by atoms with Crippen molar-refractivity contribution >= 4 is 11.7 Å². The summed E-state index contributed by atoms with van der Waals surface area (Å²) >= 11 is 0. The lowest BCUT2D eigenvalue weighted by atomic mass is 10.1. The Morgan fingerprint density at radius 1 is 0.825 bits per heavy atom. The van der Waals surface area contributed by atoms with E-state index in [1.807, 2.05) is 0 Å². The largest absolute Gasteiger partial charge is 0.496 e. The Hall–Kier alpha value is -3.39. The Balaban J connectivity index is 1.31. The first-order valence-electron chi connectivity index (χ1n) is 12.4. The Bertz CT molecular complexity index is 1150. The molecule has 0 unspecified atom stereocenters. The summed E-state index contributed by atoms with van der Waals surface area (Å²) in [5, 5.41) is 2.18. The highest BCUT2D eigenvalue weighted by atomic mass is 19.4. The number of urea groups is 1. The van der Waals surface area contributed by atoms with Gasteiger partial charge in [-0.25, -0.2) is 4.79 Å². The molecule has 2 fully saturated rings. The second-order valence-corrected chi connectivity index (χ2v) is 9.61. The van der Waals surface area contributed by atoms with E-state index in [1.54, 1.807) is 33.5 Å². The minimum absolute atomic E-state index is 0.0236. The molecule has 0 saturated carbocycles. The van der Waals surface area contributed by atoms with Crippen molar-refractivity contribution in [2.45, 2.75) is 24.9 Å². The van der Waals surface area contributed by atoms with Crippen LogP contribution in [-0.2, 0) is 18.9 Å². The molecule has 0 bridgehead atoms. The van der Waals surface area contributed by atoms with E-state index in [0.29, 0.717) is 49.0 Å². The Morgan fingerprint density at radius 2 is 1.35 bits per heavy atom. The molecule has 2 aromatic rings. The van der Waals surface area contributed by atoms with E-state index < -0.39 is 35.2 Å².